The molecule has 0 fully saturated rings. The van der Waals surface area contributed by atoms with E-state index in [4.69, 9.17) is 5.73 Å². The minimum Gasteiger partial charge on any atom is -0.324 e. The van der Waals surface area contributed by atoms with Gasteiger partial charge in [0.15, 0.2) is 0 Å². The highest BCUT2D eigenvalue weighted by Crippen LogP contribution is 2.41. The Labute approximate surface area is 128 Å². The van der Waals surface area contributed by atoms with Crippen molar-refractivity contribution in [1.29, 1.82) is 0 Å². The van der Waals surface area contributed by atoms with Crippen molar-refractivity contribution in [3.05, 3.63) is 52.8 Å². The molecular weight excluding hydrogens is 256 g/mol. The van der Waals surface area contributed by atoms with Gasteiger partial charge in [0.2, 0.25) is 0 Å². The lowest BCUT2D eigenvalue weighted by Gasteiger charge is -2.34. The molecule has 0 aliphatic heterocycles. The fourth-order valence-electron chi connectivity index (χ4n) is 3.72. The van der Waals surface area contributed by atoms with E-state index in [9.17, 15) is 0 Å². The molecule has 2 N–H and O–H groups in total. The fourth-order valence-corrected chi connectivity index (χ4v) is 3.72. The Morgan fingerprint density at radius 1 is 1.29 bits per heavy atom. The second-order valence-electron chi connectivity index (χ2n) is 7.20. The summed E-state index contributed by atoms with van der Waals surface area (Å²) in [6, 6.07) is 11.3. The van der Waals surface area contributed by atoms with Gasteiger partial charge in [-0.2, -0.15) is 0 Å². The zero-order chi connectivity index (χ0) is 15.2. The number of rotatable bonds is 2. The summed E-state index contributed by atoms with van der Waals surface area (Å²) in [6.45, 7) is 9.04. The second-order valence-corrected chi connectivity index (χ2v) is 7.20. The third kappa shape index (κ3) is 2.53. The average molecular weight is 282 g/mol. The Morgan fingerprint density at radius 2 is 2.05 bits per heavy atom. The molecule has 0 spiro atoms. The highest BCUT2D eigenvalue weighted by atomic mass is 15.0. The molecule has 3 rings (SSSR count). The third-order valence-electron chi connectivity index (χ3n) is 4.72. The molecule has 0 amide bonds. The minimum absolute atomic E-state index is 0.165. The van der Waals surface area contributed by atoms with E-state index < -0.39 is 0 Å². The minimum atomic E-state index is 0.165. The van der Waals surface area contributed by atoms with Crippen LogP contribution in [0.25, 0.3) is 5.69 Å². The number of aromatic nitrogens is 1. The highest BCUT2D eigenvalue weighted by molar-refractivity contribution is 5.45. The van der Waals surface area contributed by atoms with Crippen molar-refractivity contribution in [2.24, 2.45) is 11.1 Å². The maximum Gasteiger partial charge on any atom is 0.0457 e. The second kappa shape index (κ2) is 5.03. The summed E-state index contributed by atoms with van der Waals surface area (Å²) in [7, 11) is 0. The summed E-state index contributed by atoms with van der Waals surface area (Å²) >= 11 is 0. The quantitative estimate of drug-likeness (QED) is 0.873. The molecule has 21 heavy (non-hydrogen) atoms. The predicted molar refractivity (Wildman–Crippen MR) is 88.9 cm³/mol. The SMILES string of the molecule is CCc1cccc(-n2c(C)cc3c2CC(C)(C)CC3N)c1. The Bertz CT molecular complexity index is 664. The van der Waals surface area contributed by atoms with E-state index in [1.165, 1.54) is 28.2 Å². The van der Waals surface area contributed by atoms with Gasteiger partial charge in [-0.05, 0) is 60.9 Å². The number of benzene rings is 1. The fraction of sp³-hybridized carbons (Fsp3) is 0.474. The van der Waals surface area contributed by atoms with Crippen molar-refractivity contribution < 1.29 is 0 Å². The van der Waals surface area contributed by atoms with Gasteiger partial charge in [0.25, 0.3) is 0 Å². The molecule has 1 aromatic heterocycles. The molecule has 1 aromatic carbocycles. The highest BCUT2D eigenvalue weighted by Gasteiger charge is 2.33. The van der Waals surface area contributed by atoms with Crippen LogP contribution in [0, 0.1) is 12.3 Å². The van der Waals surface area contributed by atoms with Gasteiger partial charge in [0, 0.05) is 23.1 Å². The third-order valence-corrected chi connectivity index (χ3v) is 4.72. The molecule has 112 valence electrons. The number of hydrogen-bond acceptors (Lipinski definition) is 1. The largest absolute Gasteiger partial charge is 0.324 e. The van der Waals surface area contributed by atoms with Crippen LogP contribution >= 0.6 is 0 Å². The van der Waals surface area contributed by atoms with Gasteiger partial charge in [-0.3, -0.25) is 0 Å². The standard InChI is InChI=1S/C19H26N2/c1-5-14-7-6-8-15(10-14)21-13(2)9-16-17(20)11-19(3,4)12-18(16)21/h6-10,17H,5,11-12,20H2,1-4H3. The van der Waals surface area contributed by atoms with Crippen LogP contribution in [0.5, 0.6) is 0 Å². The maximum atomic E-state index is 6.43. The first-order chi connectivity index (χ1) is 9.91. The molecule has 1 aliphatic carbocycles. The first-order valence-electron chi connectivity index (χ1n) is 7.97. The molecule has 0 saturated carbocycles. The topological polar surface area (TPSA) is 30.9 Å². The van der Waals surface area contributed by atoms with E-state index in [2.05, 4.69) is 62.6 Å². The summed E-state index contributed by atoms with van der Waals surface area (Å²) in [5.74, 6) is 0. The van der Waals surface area contributed by atoms with Gasteiger partial charge in [-0.25, -0.2) is 0 Å². The van der Waals surface area contributed by atoms with Gasteiger partial charge in [0.05, 0.1) is 0 Å². The molecule has 1 unspecified atom stereocenters. The van der Waals surface area contributed by atoms with E-state index in [-0.39, 0.29) is 11.5 Å². The van der Waals surface area contributed by atoms with Crippen LogP contribution in [0.4, 0.5) is 0 Å². The molecule has 2 aromatic rings. The molecule has 0 radical (unpaired) electrons. The Hall–Kier alpha value is -1.54. The molecule has 1 atom stereocenters. The lowest BCUT2D eigenvalue weighted by Crippen LogP contribution is -2.30. The monoisotopic (exact) mass is 282 g/mol. The molecule has 0 saturated heterocycles. The molecule has 2 nitrogen and oxygen atoms in total. The van der Waals surface area contributed by atoms with E-state index in [1.54, 1.807) is 0 Å². The van der Waals surface area contributed by atoms with Gasteiger partial charge < -0.3 is 10.3 Å². The van der Waals surface area contributed by atoms with Gasteiger partial charge in [-0.1, -0.05) is 32.9 Å². The van der Waals surface area contributed by atoms with Crippen LogP contribution in [-0.4, -0.2) is 4.57 Å². The molecule has 1 heterocycles. The summed E-state index contributed by atoms with van der Waals surface area (Å²) in [6.07, 6.45) is 3.24. The van der Waals surface area contributed by atoms with E-state index in [0.29, 0.717) is 0 Å². The maximum absolute atomic E-state index is 6.43. The lowest BCUT2D eigenvalue weighted by atomic mass is 9.74. The number of aryl methyl sites for hydroxylation is 2. The summed E-state index contributed by atoms with van der Waals surface area (Å²) in [4.78, 5) is 0. The van der Waals surface area contributed by atoms with Gasteiger partial charge in [-0.15, -0.1) is 0 Å². The van der Waals surface area contributed by atoms with Gasteiger partial charge >= 0.3 is 0 Å². The zero-order valence-electron chi connectivity index (χ0n) is 13.6. The number of hydrogen-bond donors (Lipinski definition) is 1. The van der Waals surface area contributed by atoms with Crippen molar-refractivity contribution >= 4 is 0 Å². The van der Waals surface area contributed by atoms with Crippen molar-refractivity contribution in [1.82, 2.24) is 4.57 Å². The van der Waals surface area contributed by atoms with E-state index >= 15 is 0 Å². The van der Waals surface area contributed by atoms with E-state index in [1.807, 2.05) is 0 Å². The summed E-state index contributed by atoms with van der Waals surface area (Å²) < 4.78 is 2.41. The number of nitrogens with two attached hydrogens (primary N) is 1. The van der Waals surface area contributed by atoms with Gasteiger partial charge in [0.1, 0.15) is 0 Å². The van der Waals surface area contributed by atoms with Crippen LogP contribution in [-0.2, 0) is 12.8 Å². The Morgan fingerprint density at radius 3 is 2.76 bits per heavy atom. The van der Waals surface area contributed by atoms with Crippen molar-refractivity contribution in [3.63, 3.8) is 0 Å². The molecule has 1 aliphatic rings. The van der Waals surface area contributed by atoms with Crippen molar-refractivity contribution in [3.8, 4) is 5.69 Å². The van der Waals surface area contributed by atoms with Crippen LogP contribution in [0.1, 0.15) is 55.7 Å². The van der Waals surface area contributed by atoms with Crippen LogP contribution in [0.15, 0.2) is 30.3 Å². The average Bonchev–Trinajstić information content (AvgIpc) is 2.74. The number of nitrogens with zero attached hydrogens (tertiary/aromatic N) is 1. The van der Waals surface area contributed by atoms with Crippen LogP contribution < -0.4 is 5.73 Å². The Kier molecular flexibility index (Phi) is 3.45. The first-order valence-corrected chi connectivity index (χ1v) is 7.97. The summed E-state index contributed by atoms with van der Waals surface area (Å²) in [5.41, 5.74) is 13.4. The Balaban J connectivity index is 2.16. The molecule has 2 heteroatoms. The zero-order valence-corrected chi connectivity index (χ0v) is 13.6. The lowest BCUT2D eigenvalue weighted by molar-refractivity contribution is 0.278. The number of fused-ring (bicyclic) bond motifs is 1. The molecule has 0 bridgehead atoms. The smallest absolute Gasteiger partial charge is 0.0457 e. The normalized spacial score (nSPS) is 20.3. The first kappa shape index (κ1) is 14.4. The van der Waals surface area contributed by atoms with Crippen molar-refractivity contribution in [2.75, 3.05) is 0 Å². The predicted octanol–water partition coefficient (Wildman–Crippen LogP) is 4.32. The molecular formula is C19H26N2. The summed E-state index contributed by atoms with van der Waals surface area (Å²) in [5, 5.41) is 0. The van der Waals surface area contributed by atoms with Crippen LogP contribution in [0.2, 0.25) is 0 Å². The van der Waals surface area contributed by atoms with E-state index in [0.717, 1.165) is 19.3 Å². The van der Waals surface area contributed by atoms with Crippen molar-refractivity contribution in [2.45, 2.75) is 53.0 Å². The van der Waals surface area contributed by atoms with Crippen LogP contribution in [0.3, 0.4) is 0 Å².